The zero-order valence-electron chi connectivity index (χ0n) is 15.2. The number of nitrogens with zero attached hydrogens (tertiary/aromatic N) is 3. The zero-order valence-corrected chi connectivity index (χ0v) is 15.2. The summed E-state index contributed by atoms with van der Waals surface area (Å²) < 4.78 is 5.53. The molecule has 0 aliphatic carbocycles. The van der Waals surface area contributed by atoms with Gasteiger partial charge in [0.05, 0.1) is 5.60 Å². The Labute approximate surface area is 153 Å². The predicted octanol–water partition coefficient (Wildman–Crippen LogP) is 2.33. The number of nitrogens with two attached hydrogens (primary N) is 1. The normalized spacial score (nSPS) is 20.0. The number of methoxy groups -OCH3 is 1. The van der Waals surface area contributed by atoms with E-state index >= 15 is 0 Å². The first kappa shape index (κ1) is 18.0. The summed E-state index contributed by atoms with van der Waals surface area (Å²) in [6, 6.07) is 13.5. The maximum Gasteiger partial charge on any atom is 0.210 e. The lowest BCUT2D eigenvalue weighted by molar-refractivity contribution is -0.00110. The van der Waals surface area contributed by atoms with Crippen LogP contribution in [-0.4, -0.2) is 35.3 Å². The molecule has 26 heavy (non-hydrogen) atoms. The first-order valence-electron chi connectivity index (χ1n) is 8.42. The summed E-state index contributed by atoms with van der Waals surface area (Å²) in [6.45, 7) is 3.93. The maximum atomic E-state index is 6.55. The summed E-state index contributed by atoms with van der Waals surface area (Å²) in [5, 5.41) is 6.46. The van der Waals surface area contributed by atoms with Crippen LogP contribution in [0.4, 0.5) is 5.69 Å². The van der Waals surface area contributed by atoms with Gasteiger partial charge >= 0.3 is 0 Å². The van der Waals surface area contributed by atoms with Crippen LogP contribution < -0.4 is 16.4 Å². The molecule has 0 fully saturated rings. The summed E-state index contributed by atoms with van der Waals surface area (Å²) >= 11 is 0. The Hall–Kier alpha value is -2.77. The van der Waals surface area contributed by atoms with E-state index in [-0.39, 0.29) is 0 Å². The number of aromatic nitrogens is 1. The fourth-order valence-electron chi connectivity index (χ4n) is 2.72. The van der Waals surface area contributed by atoms with Crippen molar-refractivity contribution >= 4 is 17.5 Å². The van der Waals surface area contributed by atoms with E-state index in [2.05, 4.69) is 25.6 Å². The van der Waals surface area contributed by atoms with Crippen LogP contribution in [0.1, 0.15) is 25.8 Å². The molecule has 136 valence electrons. The molecule has 4 N–H and O–H groups in total. The molecule has 0 spiro atoms. The molecule has 2 heterocycles. The number of hydrogen-bond donors (Lipinski definition) is 3. The first-order chi connectivity index (χ1) is 12.4. The molecule has 0 amide bonds. The molecule has 1 atom stereocenters. The Morgan fingerprint density at radius 2 is 1.81 bits per heavy atom. The van der Waals surface area contributed by atoms with Gasteiger partial charge in [0.2, 0.25) is 11.7 Å². The van der Waals surface area contributed by atoms with Gasteiger partial charge < -0.3 is 15.4 Å². The van der Waals surface area contributed by atoms with E-state index in [1.54, 1.807) is 19.5 Å². The number of rotatable bonds is 5. The molecule has 3 rings (SSSR count). The van der Waals surface area contributed by atoms with Crippen molar-refractivity contribution in [2.45, 2.75) is 31.7 Å². The van der Waals surface area contributed by atoms with Crippen molar-refractivity contribution < 1.29 is 4.74 Å². The van der Waals surface area contributed by atoms with Gasteiger partial charge in [-0.1, -0.05) is 30.3 Å². The maximum absolute atomic E-state index is 6.55. The highest BCUT2D eigenvalue weighted by atomic mass is 16.5. The van der Waals surface area contributed by atoms with Gasteiger partial charge in [0.15, 0.2) is 0 Å². The zero-order chi connectivity index (χ0) is 18.6. The van der Waals surface area contributed by atoms with E-state index in [4.69, 9.17) is 10.5 Å². The van der Waals surface area contributed by atoms with E-state index in [9.17, 15) is 0 Å². The molecule has 1 aromatic carbocycles. The van der Waals surface area contributed by atoms with E-state index in [1.807, 2.05) is 56.3 Å². The number of ether oxygens (including phenoxy) is 1. The van der Waals surface area contributed by atoms with Crippen molar-refractivity contribution in [3.63, 3.8) is 0 Å². The first-order valence-corrected chi connectivity index (χ1v) is 8.42. The third-order valence-electron chi connectivity index (χ3n) is 4.08. The Bertz CT molecular complexity index is 803. The third kappa shape index (κ3) is 4.44. The molecule has 0 radical (unpaired) electrons. The average molecular weight is 352 g/mol. The quantitative estimate of drug-likeness (QED) is 0.767. The number of nitrogens with one attached hydrogen (secondary N) is 2. The van der Waals surface area contributed by atoms with Gasteiger partial charge in [0.25, 0.3) is 0 Å². The minimum Gasteiger partial charge on any atom is -0.379 e. The summed E-state index contributed by atoms with van der Waals surface area (Å²) in [5.41, 5.74) is 7.86. The molecule has 1 aliphatic rings. The summed E-state index contributed by atoms with van der Waals surface area (Å²) in [4.78, 5) is 13.3. The molecule has 0 saturated carbocycles. The standard InChI is InChI=1S/C19H24N6O/c1-18(2,26-3)13-19(20)24-16(14-7-5-4-6-8-14)23-17(25-19)22-15-9-11-21-12-10-15/h4-12H,13,20H2,1-3H3,(H2,21,22,23,24,25). The van der Waals surface area contributed by atoms with Crippen LogP contribution in [0.15, 0.2) is 64.8 Å². The number of aliphatic imine (C=N–C) groups is 2. The lowest BCUT2D eigenvalue weighted by atomic mass is 9.99. The van der Waals surface area contributed by atoms with Gasteiger partial charge in [-0.15, -0.1) is 0 Å². The monoisotopic (exact) mass is 352 g/mol. The number of anilines is 1. The van der Waals surface area contributed by atoms with Crippen molar-refractivity contribution in [3.05, 3.63) is 60.4 Å². The fraction of sp³-hybridized carbons (Fsp3) is 0.316. The van der Waals surface area contributed by atoms with Gasteiger partial charge in [-0.25, -0.2) is 9.98 Å². The van der Waals surface area contributed by atoms with Crippen molar-refractivity contribution in [2.24, 2.45) is 15.7 Å². The number of amidine groups is 1. The van der Waals surface area contributed by atoms with E-state index in [0.29, 0.717) is 18.2 Å². The van der Waals surface area contributed by atoms with Crippen molar-refractivity contribution in [2.75, 3.05) is 12.4 Å². The summed E-state index contributed by atoms with van der Waals surface area (Å²) in [7, 11) is 1.66. The smallest absolute Gasteiger partial charge is 0.210 e. The van der Waals surface area contributed by atoms with Crippen molar-refractivity contribution in [3.8, 4) is 0 Å². The van der Waals surface area contributed by atoms with Crippen LogP contribution in [0.25, 0.3) is 0 Å². The number of pyridine rings is 1. The SMILES string of the molecule is COC(C)(C)CC1(N)N=C(Nc2ccncc2)NC(c2ccccc2)=N1. The van der Waals surface area contributed by atoms with E-state index in [1.165, 1.54) is 0 Å². The minimum absolute atomic E-state index is 0.427. The van der Waals surface area contributed by atoms with Gasteiger partial charge in [0.1, 0.15) is 5.84 Å². The lowest BCUT2D eigenvalue weighted by Gasteiger charge is -2.34. The fourth-order valence-corrected chi connectivity index (χ4v) is 2.72. The second-order valence-electron chi connectivity index (χ2n) is 6.79. The van der Waals surface area contributed by atoms with Crippen LogP contribution in [0.5, 0.6) is 0 Å². The second-order valence-corrected chi connectivity index (χ2v) is 6.79. The van der Waals surface area contributed by atoms with Crippen LogP contribution >= 0.6 is 0 Å². The Balaban J connectivity index is 1.94. The molecular formula is C19H24N6O. The minimum atomic E-state index is -1.15. The number of benzene rings is 1. The van der Waals surface area contributed by atoms with Crippen LogP contribution in [0, 0.1) is 0 Å². The summed E-state index contributed by atoms with van der Waals surface area (Å²) in [6.07, 6.45) is 3.85. The Morgan fingerprint density at radius 3 is 2.46 bits per heavy atom. The van der Waals surface area contributed by atoms with Crippen LogP contribution in [0.3, 0.4) is 0 Å². The van der Waals surface area contributed by atoms with Crippen molar-refractivity contribution in [1.82, 2.24) is 10.3 Å². The number of hydrogen-bond acceptors (Lipinski definition) is 7. The molecule has 7 nitrogen and oxygen atoms in total. The summed E-state index contributed by atoms with van der Waals surface area (Å²) in [5.74, 6) is 0.0386. The van der Waals surface area contributed by atoms with Crippen LogP contribution in [0.2, 0.25) is 0 Å². The molecule has 2 aromatic rings. The highest BCUT2D eigenvalue weighted by molar-refractivity contribution is 6.13. The second kappa shape index (κ2) is 7.23. The highest BCUT2D eigenvalue weighted by Crippen LogP contribution is 2.26. The number of guanidine groups is 1. The lowest BCUT2D eigenvalue weighted by Crippen LogP contribution is -2.52. The molecule has 1 unspecified atom stereocenters. The molecular weight excluding hydrogens is 328 g/mol. The van der Waals surface area contributed by atoms with Crippen molar-refractivity contribution in [1.29, 1.82) is 0 Å². The molecule has 0 bridgehead atoms. The Morgan fingerprint density at radius 1 is 1.12 bits per heavy atom. The molecule has 0 saturated heterocycles. The average Bonchev–Trinajstić information content (AvgIpc) is 2.62. The molecule has 7 heteroatoms. The van der Waals surface area contributed by atoms with Gasteiger partial charge in [-0.2, -0.15) is 0 Å². The third-order valence-corrected chi connectivity index (χ3v) is 4.08. The largest absolute Gasteiger partial charge is 0.379 e. The van der Waals surface area contributed by atoms with E-state index in [0.717, 1.165) is 11.3 Å². The van der Waals surface area contributed by atoms with E-state index < -0.39 is 11.4 Å². The van der Waals surface area contributed by atoms with Gasteiger partial charge in [-0.3, -0.25) is 10.7 Å². The predicted molar refractivity (Wildman–Crippen MR) is 104 cm³/mol. The molecule has 1 aromatic heterocycles. The Kier molecular flexibility index (Phi) is 5.01. The highest BCUT2D eigenvalue weighted by Gasteiger charge is 2.36. The molecule has 1 aliphatic heterocycles. The van der Waals surface area contributed by atoms with Gasteiger partial charge in [-0.05, 0) is 26.0 Å². The van der Waals surface area contributed by atoms with Gasteiger partial charge in [0, 0.05) is 37.2 Å². The van der Waals surface area contributed by atoms with Crippen LogP contribution in [-0.2, 0) is 4.74 Å². The topological polar surface area (TPSA) is 96.9 Å².